The summed E-state index contributed by atoms with van der Waals surface area (Å²) in [7, 11) is 3.95. The number of nitrogens with two attached hydrogens (primary N) is 1. The van der Waals surface area contributed by atoms with E-state index < -0.39 is 17.8 Å². The van der Waals surface area contributed by atoms with Crippen LogP contribution >= 0.6 is 0 Å². The predicted molar refractivity (Wildman–Crippen MR) is 146 cm³/mol. The largest absolute Gasteiger partial charge is 0.388 e. The molecule has 3 aliphatic carbocycles. The first-order chi connectivity index (χ1) is 17.6. The third kappa shape index (κ3) is 2.93. The molecule has 4 N–H and O–H groups in total. The highest BCUT2D eigenvalue weighted by molar-refractivity contribution is 5.88. The molecule has 1 saturated heterocycles. The van der Waals surface area contributed by atoms with Crippen LogP contribution in [-0.4, -0.2) is 63.6 Å². The Morgan fingerprint density at radius 2 is 1.95 bits per heavy atom. The van der Waals surface area contributed by atoms with Crippen molar-refractivity contribution in [3.8, 4) is 0 Å². The van der Waals surface area contributed by atoms with Gasteiger partial charge in [0.2, 0.25) is 0 Å². The van der Waals surface area contributed by atoms with Crippen LogP contribution in [0.15, 0.2) is 59.8 Å². The second-order valence-electron chi connectivity index (χ2n) is 12.5. The van der Waals surface area contributed by atoms with Gasteiger partial charge in [-0.1, -0.05) is 44.2 Å². The number of likely N-dealkylation sites (N-methyl/N-ethyl adjacent to an activating group) is 1. The van der Waals surface area contributed by atoms with Gasteiger partial charge in [0.1, 0.15) is 11.9 Å². The maximum atomic E-state index is 11.2. The van der Waals surface area contributed by atoms with E-state index in [1.165, 1.54) is 16.7 Å². The Morgan fingerprint density at radius 3 is 2.73 bits per heavy atom. The van der Waals surface area contributed by atoms with Crippen LogP contribution in [0.5, 0.6) is 0 Å². The Kier molecular flexibility index (Phi) is 4.81. The summed E-state index contributed by atoms with van der Waals surface area (Å²) in [5.41, 5.74) is 9.74. The normalized spacial score (nSPS) is 42.1. The van der Waals surface area contributed by atoms with Crippen molar-refractivity contribution in [3.63, 3.8) is 0 Å². The Labute approximate surface area is 218 Å². The highest BCUT2D eigenvalue weighted by Crippen LogP contribution is 2.69. The van der Waals surface area contributed by atoms with Gasteiger partial charge in [-0.05, 0) is 85.5 Å². The van der Waals surface area contributed by atoms with Crippen LogP contribution in [-0.2, 0) is 4.74 Å². The fourth-order valence-corrected chi connectivity index (χ4v) is 8.58. The van der Waals surface area contributed by atoms with Gasteiger partial charge in [-0.25, -0.2) is 4.98 Å². The molecule has 2 bridgehead atoms. The minimum absolute atomic E-state index is 0.0830. The predicted octanol–water partition coefficient (Wildman–Crippen LogP) is 4.09. The van der Waals surface area contributed by atoms with Gasteiger partial charge in [0, 0.05) is 29.0 Å². The van der Waals surface area contributed by atoms with Crippen LogP contribution in [0.2, 0.25) is 0 Å². The van der Waals surface area contributed by atoms with Crippen molar-refractivity contribution in [2.24, 2.45) is 17.3 Å². The summed E-state index contributed by atoms with van der Waals surface area (Å²) in [6, 6.07) is 8.44. The van der Waals surface area contributed by atoms with E-state index in [4.69, 9.17) is 10.5 Å². The number of aliphatic hydroxyl groups excluding tert-OH is 2. The second kappa shape index (κ2) is 7.54. The number of nitrogen functional groups attached to an aromatic ring is 1. The van der Waals surface area contributed by atoms with Crippen molar-refractivity contribution >= 4 is 22.2 Å². The first-order valence-corrected chi connectivity index (χ1v) is 13.6. The number of aliphatic hydroxyl groups is 2. The van der Waals surface area contributed by atoms with Gasteiger partial charge in [0.15, 0.2) is 0 Å². The van der Waals surface area contributed by atoms with Crippen molar-refractivity contribution in [1.82, 2.24) is 9.88 Å². The smallest absolute Gasteiger partial charge is 0.123 e. The summed E-state index contributed by atoms with van der Waals surface area (Å²) < 4.78 is 7.28. The average molecular weight is 500 g/mol. The van der Waals surface area contributed by atoms with Crippen molar-refractivity contribution in [2.45, 2.75) is 69.0 Å². The topological polar surface area (TPSA) is 91.8 Å². The summed E-state index contributed by atoms with van der Waals surface area (Å²) >= 11 is 0. The lowest BCUT2D eigenvalue weighted by Gasteiger charge is -2.57. The molecule has 5 aliphatic rings. The highest BCUT2D eigenvalue weighted by Gasteiger charge is 2.68. The lowest BCUT2D eigenvalue weighted by Crippen LogP contribution is -2.62. The second-order valence-corrected chi connectivity index (χ2v) is 12.5. The van der Waals surface area contributed by atoms with Gasteiger partial charge >= 0.3 is 0 Å². The lowest BCUT2D eigenvalue weighted by atomic mass is 9.54. The minimum atomic E-state index is -0.904. The fraction of sp³-hybridized carbons (Fsp3) is 0.516. The maximum Gasteiger partial charge on any atom is 0.123 e. The zero-order valence-corrected chi connectivity index (χ0v) is 22.1. The average Bonchev–Trinajstić information content (AvgIpc) is 3.39. The van der Waals surface area contributed by atoms with Crippen LogP contribution in [0, 0.1) is 17.3 Å². The molecule has 6 heteroatoms. The number of hydrogen-bond donors (Lipinski definition) is 3. The quantitative estimate of drug-likeness (QED) is 0.577. The molecule has 6 nitrogen and oxygen atoms in total. The number of benzene rings is 1. The number of fused-ring (bicyclic) bond motifs is 2. The van der Waals surface area contributed by atoms with E-state index in [2.05, 4.69) is 55.3 Å². The van der Waals surface area contributed by atoms with Crippen LogP contribution in [0.4, 0.5) is 5.82 Å². The summed E-state index contributed by atoms with van der Waals surface area (Å²) in [5.74, 6) is 1.14. The van der Waals surface area contributed by atoms with Gasteiger partial charge in [-0.2, -0.15) is 0 Å². The Bertz CT molecular complexity index is 1410. The van der Waals surface area contributed by atoms with Crippen LogP contribution < -0.4 is 5.73 Å². The van der Waals surface area contributed by atoms with Crippen LogP contribution in [0.1, 0.15) is 45.1 Å². The first-order valence-electron chi connectivity index (χ1n) is 13.6. The van der Waals surface area contributed by atoms with E-state index in [1.54, 1.807) is 0 Å². The molecule has 8 atom stereocenters. The molecule has 2 spiro atoms. The number of aromatic nitrogens is 1. The first kappa shape index (κ1) is 23.6. The molecule has 1 saturated carbocycles. The zero-order valence-electron chi connectivity index (χ0n) is 22.1. The molecule has 0 amide bonds. The fourth-order valence-electron chi connectivity index (χ4n) is 8.58. The van der Waals surface area contributed by atoms with Gasteiger partial charge in [0.25, 0.3) is 0 Å². The van der Waals surface area contributed by atoms with Crippen molar-refractivity contribution in [3.05, 3.63) is 65.4 Å². The third-order valence-corrected chi connectivity index (χ3v) is 10.7. The van der Waals surface area contributed by atoms with E-state index >= 15 is 0 Å². The number of allylic oxidation sites excluding steroid dienone is 3. The molecule has 1 aromatic heterocycles. The number of ether oxygens (including phenoxy) is 1. The molecule has 194 valence electrons. The van der Waals surface area contributed by atoms with Crippen LogP contribution in [0.25, 0.3) is 16.3 Å². The Hall–Kier alpha value is -2.51. The SMILES string of the molecule is CC1C=C2C=C3C(O)C(O)C(N(C)C)CC34CCC2(O4)C2CC=C(c3ccc4cnc(N)cc4c3)C12C. The van der Waals surface area contributed by atoms with Crippen molar-refractivity contribution in [1.29, 1.82) is 0 Å². The monoisotopic (exact) mass is 499 g/mol. The number of rotatable bonds is 2. The molecule has 1 aromatic carbocycles. The van der Waals surface area contributed by atoms with E-state index in [0.29, 0.717) is 24.1 Å². The van der Waals surface area contributed by atoms with Gasteiger partial charge in [-0.15, -0.1) is 0 Å². The standard InChI is InChI=1S/C31H37N3O3/c1-17-11-21-14-23-27(35)28(36)24(34(3)4)15-30(23)9-10-31(21,37-30)25-8-7-22(29(17,25)2)18-5-6-19-16-33-26(32)13-20(19)12-18/h5-7,11-14,16-17,24-25,27-28,35-36H,8-10,15H2,1-4H3,(H2,32,33). The minimum Gasteiger partial charge on any atom is -0.388 e. The summed E-state index contributed by atoms with van der Waals surface area (Å²) in [6.07, 6.45) is 10.6. The molecule has 2 fully saturated rings. The third-order valence-electron chi connectivity index (χ3n) is 10.7. The Balaban J connectivity index is 1.32. The molecular formula is C31H37N3O3. The number of hydrogen-bond acceptors (Lipinski definition) is 6. The van der Waals surface area contributed by atoms with Gasteiger partial charge in [-0.3, -0.25) is 0 Å². The van der Waals surface area contributed by atoms with Gasteiger partial charge < -0.3 is 25.6 Å². The van der Waals surface area contributed by atoms with E-state index in [0.717, 1.165) is 35.6 Å². The summed E-state index contributed by atoms with van der Waals surface area (Å²) in [5, 5.41) is 24.4. The van der Waals surface area contributed by atoms with Crippen LogP contribution in [0.3, 0.4) is 0 Å². The number of pyridine rings is 1. The summed E-state index contributed by atoms with van der Waals surface area (Å²) in [4.78, 5) is 6.28. The molecule has 2 aliphatic heterocycles. The summed E-state index contributed by atoms with van der Waals surface area (Å²) in [6.45, 7) is 4.74. The molecular weight excluding hydrogens is 462 g/mol. The molecule has 7 rings (SSSR count). The van der Waals surface area contributed by atoms with E-state index in [1.807, 2.05) is 31.3 Å². The molecule has 3 heterocycles. The van der Waals surface area contributed by atoms with Crippen molar-refractivity contribution < 1.29 is 14.9 Å². The molecule has 37 heavy (non-hydrogen) atoms. The molecule has 8 unspecified atom stereocenters. The van der Waals surface area contributed by atoms with E-state index in [-0.39, 0.29) is 17.1 Å². The van der Waals surface area contributed by atoms with Gasteiger partial charge in [0.05, 0.1) is 17.3 Å². The number of anilines is 1. The van der Waals surface area contributed by atoms with Crippen molar-refractivity contribution in [2.75, 3.05) is 19.8 Å². The molecule has 2 aromatic rings. The maximum absolute atomic E-state index is 11.2. The Morgan fingerprint density at radius 1 is 1.14 bits per heavy atom. The number of nitrogens with zero attached hydrogens (tertiary/aromatic N) is 2. The lowest BCUT2D eigenvalue weighted by molar-refractivity contribution is -0.165. The highest BCUT2D eigenvalue weighted by atomic mass is 16.5. The van der Waals surface area contributed by atoms with E-state index in [9.17, 15) is 10.2 Å². The zero-order chi connectivity index (χ0) is 25.9. The molecule has 0 radical (unpaired) electrons.